The summed E-state index contributed by atoms with van der Waals surface area (Å²) in [6.07, 6.45) is 1.87. The number of nitrogens with zero attached hydrogens (tertiary/aromatic N) is 1. The number of carbonyl (C=O) groups is 1. The number of carbonyl (C=O) groups excluding carboxylic acids is 1. The van der Waals surface area contributed by atoms with E-state index in [9.17, 15) is 4.79 Å². The lowest BCUT2D eigenvalue weighted by Gasteiger charge is -1.97. The Morgan fingerprint density at radius 3 is 2.63 bits per heavy atom. The van der Waals surface area contributed by atoms with Crippen molar-refractivity contribution in [3.8, 4) is 0 Å². The highest BCUT2D eigenvalue weighted by Crippen LogP contribution is 2.61. The van der Waals surface area contributed by atoms with Gasteiger partial charge >= 0.3 is 0 Å². The SMILES string of the molecule is Cc1ncc([C@H]2[C@H](C(=O)CO)[C@@H]2c2ccccc2)s1. The molecule has 3 rings (SSSR count). The highest BCUT2D eigenvalue weighted by atomic mass is 32.1. The zero-order valence-corrected chi connectivity index (χ0v) is 11.4. The predicted molar refractivity (Wildman–Crippen MR) is 74.4 cm³/mol. The van der Waals surface area contributed by atoms with E-state index < -0.39 is 0 Å². The van der Waals surface area contributed by atoms with Gasteiger partial charge in [-0.15, -0.1) is 11.3 Å². The van der Waals surface area contributed by atoms with Gasteiger partial charge in [-0.25, -0.2) is 4.98 Å². The lowest BCUT2D eigenvalue weighted by molar-refractivity contribution is -0.123. The van der Waals surface area contributed by atoms with Gasteiger partial charge < -0.3 is 5.11 Å². The standard InChI is InChI=1S/C15H15NO2S/c1-9-16-7-12(19-9)15-13(14(15)11(18)8-17)10-5-3-2-4-6-10/h2-7,13-15,17H,8H2,1H3/t13-,14+,15+/m0/s1. The average Bonchev–Trinajstić information content (AvgIpc) is 3.05. The molecule has 1 heterocycles. The van der Waals surface area contributed by atoms with E-state index in [0.29, 0.717) is 0 Å². The molecule has 0 aliphatic heterocycles. The average molecular weight is 273 g/mol. The fourth-order valence-electron chi connectivity index (χ4n) is 2.79. The normalized spacial score (nSPS) is 25.3. The molecule has 0 radical (unpaired) electrons. The third kappa shape index (κ3) is 2.22. The quantitative estimate of drug-likeness (QED) is 0.931. The van der Waals surface area contributed by atoms with Crippen molar-refractivity contribution in [3.05, 3.63) is 52.0 Å². The molecule has 1 aliphatic carbocycles. The van der Waals surface area contributed by atoms with Crippen LogP contribution < -0.4 is 0 Å². The number of aliphatic hydroxyl groups is 1. The van der Waals surface area contributed by atoms with Crippen molar-refractivity contribution in [1.82, 2.24) is 4.98 Å². The first-order chi connectivity index (χ1) is 9.22. The first-order valence-corrected chi connectivity index (χ1v) is 7.15. The number of hydrogen-bond donors (Lipinski definition) is 1. The second kappa shape index (κ2) is 4.87. The van der Waals surface area contributed by atoms with E-state index in [4.69, 9.17) is 5.11 Å². The Bertz CT molecular complexity index is 593. The highest BCUT2D eigenvalue weighted by Gasteiger charge is 2.56. The van der Waals surface area contributed by atoms with Crippen LogP contribution in [0.3, 0.4) is 0 Å². The van der Waals surface area contributed by atoms with Crippen LogP contribution in [0.4, 0.5) is 0 Å². The minimum absolute atomic E-state index is 0.0649. The van der Waals surface area contributed by atoms with E-state index in [-0.39, 0.29) is 30.1 Å². The Morgan fingerprint density at radius 2 is 2.05 bits per heavy atom. The molecule has 3 atom stereocenters. The van der Waals surface area contributed by atoms with Gasteiger partial charge in [0.25, 0.3) is 0 Å². The molecule has 1 aromatic carbocycles. The fourth-order valence-corrected chi connectivity index (χ4v) is 3.77. The van der Waals surface area contributed by atoms with Gasteiger partial charge in [-0.05, 0) is 12.5 Å². The maximum Gasteiger partial charge on any atom is 0.162 e. The van der Waals surface area contributed by atoms with Crippen LogP contribution in [0, 0.1) is 12.8 Å². The van der Waals surface area contributed by atoms with Crippen LogP contribution in [-0.4, -0.2) is 22.5 Å². The third-order valence-corrected chi connectivity index (χ3v) is 4.71. The summed E-state index contributed by atoms with van der Waals surface area (Å²) in [5.41, 5.74) is 1.17. The molecule has 1 aliphatic rings. The Hall–Kier alpha value is -1.52. The molecule has 4 heteroatoms. The molecular weight excluding hydrogens is 258 g/mol. The van der Waals surface area contributed by atoms with E-state index in [1.54, 1.807) is 11.3 Å². The van der Waals surface area contributed by atoms with Crippen molar-refractivity contribution >= 4 is 17.1 Å². The number of aryl methyl sites for hydroxylation is 1. The zero-order chi connectivity index (χ0) is 13.4. The van der Waals surface area contributed by atoms with E-state index >= 15 is 0 Å². The number of rotatable bonds is 4. The first kappa shape index (κ1) is 12.5. The van der Waals surface area contributed by atoms with Crippen LogP contribution in [0.1, 0.15) is 27.3 Å². The summed E-state index contributed by atoms with van der Waals surface area (Å²) in [5.74, 6) is 0.228. The van der Waals surface area contributed by atoms with Crippen molar-refractivity contribution in [2.75, 3.05) is 6.61 Å². The smallest absolute Gasteiger partial charge is 0.162 e. The molecule has 0 saturated heterocycles. The number of Topliss-reactive ketones (excluding diaryl/α,β-unsaturated/α-hetero) is 1. The van der Waals surface area contributed by atoms with E-state index in [1.807, 2.05) is 31.3 Å². The molecule has 1 N–H and O–H groups in total. The summed E-state index contributed by atoms with van der Waals surface area (Å²) in [5, 5.41) is 10.1. The Balaban J connectivity index is 1.92. The number of benzene rings is 1. The van der Waals surface area contributed by atoms with Gasteiger partial charge in [0.15, 0.2) is 5.78 Å². The van der Waals surface area contributed by atoms with E-state index in [2.05, 4.69) is 17.1 Å². The topological polar surface area (TPSA) is 50.2 Å². The van der Waals surface area contributed by atoms with Crippen molar-refractivity contribution in [2.45, 2.75) is 18.8 Å². The molecule has 1 saturated carbocycles. The zero-order valence-electron chi connectivity index (χ0n) is 10.6. The molecule has 0 unspecified atom stereocenters. The number of ketones is 1. The Morgan fingerprint density at radius 1 is 1.32 bits per heavy atom. The lowest BCUT2D eigenvalue weighted by Crippen LogP contribution is -2.07. The molecular formula is C15H15NO2S. The number of aromatic nitrogens is 1. The first-order valence-electron chi connectivity index (χ1n) is 6.33. The summed E-state index contributed by atoms with van der Waals surface area (Å²) in [4.78, 5) is 17.3. The number of aliphatic hydroxyl groups excluding tert-OH is 1. The third-order valence-electron chi connectivity index (χ3n) is 3.70. The van der Waals surface area contributed by atoms with Crippen LogP contribution in [-0.2, 0) is 4.79 Å². The largest absolute Gasteiger partial charge is 0.389 e. The molecule has 98 valence electrons. The van der Waals surface area contributed by atoms with Crippen LogP contribution in [0.5, 0.6) is 0 Å². The van der Waals surface area contributed by atoms with E-state index in [0.717, 1.165) is 9.88 Å². The number of hydrogen-bond acceptors (Lipinski definition) is 4. The summed E-state index contributed by atoms with van der Waals surface area (Å²) >= 11 is 1.64. The van der Waals surface area contributed by atoms with Gasteiger partial charge in [-0.3, -0.25) is 4.79 Å². The van der Waals surface area contributed by atoms with E-state index in [1.165, 1.54) is 5.56 Å². The minimum atomic E-state index is -0.373. The monoisotopic (exact) mass is 273 g/mol. The molecule has 1 aromatic heterocycles. The molecule has 0 amide bonds. The Kier molecular flexibility index (Phi) is 3.21. The van der Waals surface area contributed by atoms with Gasteiger partial charge in [0.05, 0.1) is 5.01 Å². The summed E-state index contributed by atoms with van der Waals surface area (Å²) in [7, 11) is 0. The number of thiazole rings is 1. The molecule has 2 aromatic rings. The summed E-state index contributed by atoms with van der Waals surface area (Å²) < 4.78 is 0. The van der Waals surface area contributed by atoms with Crippen LogP contribution in [0.25, 0.3) is 0 Å². The van der Waals surface area contributed by atoms with Crippen LogP contribution >= 0.6 is 11.3 Å². The lowest BCUT2D eigenvalue weighted by atomic mass is 10.1. The minimum Gasteiger partial charge on any atom is -0.389 e. The molecule has 0 bridgehead atoms. The van der Waals surface area contributed by atoms with Crippen molar-refractivity contribution in [2.24, 2.45) is 5.92 Å². The Labute approximate surface area is 115 Å². The summed E-state index contributed by atoms with van der Waals surface area (Å²) in [6, 6.07) is 10.1. The second-order valence-electron chi connectivity index (χ2n) is 4.89. The van der Waals surface area contributed by atoms with Gasteiger partial charge in [0, 0.05) is 28.8 Å². The van der Waals surface area contributed by atoms with Gasteiger partial charge in [0.2, 0.25) is 0 Å². The van der Waals surface area contributed by atoms with Gasteiger partial charge in [-0.1, -0.05) is 30.3 Å². The molecule has 3 nitrogen and oxygen atoms in total. The van der Waals surface area contributed by atoms with Crippen LogP contribution in [0.15, 0.2) is 36.5 Å². The van der Waals surface area contributed by atoms with Crippen molar-refractivity contribution in [1.29, 1.82) is 0 Å². The predicted octanol–water partition coefficient (Wildman–Crippen LogP) is 2.51. The maximum atomic E-state index is 11.9. The molecule has 0 spiro atoms. The van der Waals surface area contributed by atoms with Gasteiger partial charge in [-0.2, -0.15) is 0 Å². The molecule has 1 fully saturated rings. The van der Waals surface area contributed by atoms with Crippen LogP contribution in [0.2, 0.25) is 0 Å². The maximum absolute atomic E-state index is 11.9. The molecule has 19 heavy (non-hydrogen) atoms. The van der Waals surface area contributed by atoms with Gasteiger partial charge in [0.1, 0.15) is 6.61 Å². The fraction of sp³-hybridized carbons (Fsp3) is 0.333. The summed E-state index contributed by atoms with van der Waals surface area (Å²) in [6.45, 7) is 1.60. The second-order valence-corrected chi connectivity index (χ2v) is 6.16. The van der Waals surface area contributed by atoms with Crippen molar-refractivity contribution < 1.29 is 9.90 Å². The highest BCUT2D eigenvalue weighted by molar-refractivity contribution is 7.11. The van der Waals surface area contributed by atoms with Crippen molar-refractivity contribution in [3.63, 3.8) is 0 Å².